The lowest BCUT2D eigenvalue weighted by molar-refractivity contribution is 0.108. The lowest BCUT2D eigenvalue weighted by Crippen LogP contribution is -2.31. The Hall–Kier alpha value is -1.60. The monoisotopic (exact) mass is 420 g/mol. The van der Waals surface area contributed by atoms with Crippen molar-refractivity contribution in [2.45, 2.75) is 19.2 Å². The van der Waals surface area contributed by atoms with Crippen LogP contribution in [0.15, 0.2) is 48.5 Å². The third-order valence-corrected chi connectivity index (χ3v) is 5.10. The van der Waals surface area contributed by atoms with Crippen LogP contribution in [0.3, 0.4) is 0 Å². The van der Waals surface area contributed by atoms with E-state index in [1.807, 2.05) is 24.3 Å². The van der Waals surface area contributed by atoms with Crippen LogP contribution in [0.1, 0.15) is 11.1 Å². The van der Waals surface area contributed by atoms with E-state index in [1.165, 1.54) is 11.1 Å². The summed E-state index contributed by atoms with van der Waals surface area (Å²) in [6, 6.07) is 16.5. The van der Waals surface area contributed by atoms with E-state index in [-0.39, 0.29) is 12.2 Å². The van der Waals surface area contributed by atoms with Crippen LogP contribution in [-0.2, 0) is 17.8 Å². The van der Waals surface area contributed by atoms with Crippen LogP contribution in [0.2, 0.25) is 0 Å². The summed E-state index contributed by atoms with van der Waals surface area (Å²) in [6.45, 7) is 3.27. The zero-order valence-electron chi connectivity index (χ0n) is 12.6. The number of hydrogen-bond acceptors (Lipinski definition) is 3. The number of fused-ring (bicyclic) bond motifs is 1. The molecule has 1 atom stereocenters. The van der Waals surface area contributed by atoms with E-state index in [9.17, 15) is 4.79 Å². The van der Waals surface area contributed by atoms with Gasteiger partial charge in [-0.3, -0.25) is 9.80 Å². The van der Waals surface area contributed by atoms with Gasteiger partial charge in [-0.05, 0) is 58.0 Å². The fraction of sp³-hybridized carbons (Fsp3) is 0.278. The van der Waals surface area contributed by atoms with Crippen LogP contribution in [0.25, 0.3) is 0 Å². The van der Waals surface area contributed by atoms with Crippen molar-refractivity contribution in [3.63, 3.8) is 0 Å². The van der Waals surface area contributed by atoms with Crippen LogP contribution < -0.4 is 4.90 Å². The van der Waals surface area contributed by atoms with Crippen molar-refractivity contribution in [3.8, 4) is 0 Å². The highest BCUT2D eigenvalue weighted by molar-refractivity contribution is 14.1. The van der Waals surface area contributed by atoms with Crippen molar-refractivity contribution in [2.24, 2.45) is 0 Å². The number of carbonyl (C=O) groups excluding carboxylic acids is 1. The number of anilines is 1. The molecular weight excluding hydrogens is 403 g/mol. The largest absolute Gasteiger partial charge is 0.443 e. The van der Waals surface area contributed by atoms with Gasteiger partial charge in [0.25, 0.3) is 0 Å². The smallest absolute Gasteiger partial charge is 0.414 e. The Bertz CT molecular complexity index is 707. The van der Waals surface area contributed by atoms with E-state index in [2.05, 4.69) is 51.8 Å². The summed E-state index contributed by atoms with van der Waals surface area (Å²) in [7, 11) is 0. The van der Waals surface area contributed by atoms with Gasteiger partial charge in [0.15, 0.2) is 0 Å². The molecule has 1 saturated heterocycles. The Morgan fingerprint density at radius 3 is 2.35 bits per heavy atom. The molecular formula is C18H17IN2O2. The Morgan fingerprint density at radius 2 is 1.70 bits per heavy atom. The molecule has 2 aliphatic heterocycles. The van der Waals surface area contributed by atoms with Crippen LogP contribution in [-0.4, -0.2) is 30.2 Å². The number of amides is 1. The molecule has 4 rings (SSSR count). The van der Waals surface area contributed by atoms with Crippen LogP contribution in [0.5, 0.6) is 0 Å². The van der Waals surface area contributed by atoms with Gasteiger partial charge in [0.1, 0.15) is 6.10 Å². The molecule has 0 saturated carbocycles. The van der Waals surface area contributed by atoms with Gasteiger partial charge < -0.3 is 4.74 Å². The molecule has 118 valence electrons. The molecule has 2 heterocycles. The first-order valence-corrected chi connectivity index (χ1v) is 8.80. The van der Waals surface area contributed by atoms with Crippen molar-refractivity contribution in [3.05, 3.63) is 63.2 Å². The van der Waals surface area contributed by atoms with E-state index in [0.29, 0.717) is 6.54 Å². The maximum Gasteiger partial charge on any atom is 0.414 e. The number of halogens is 1. The molecule has 1 fully saturated rings. The van der Waals surface area contributed by atoms with Crippen molar-refractivity contribution in [1.82, 2.24) is 4.90 Å². The third-order valence-electron chi connectivity index (χ3n) is 4.38. The standard InChI is InChI=1S/C18H17IN2O2/c19-15-5-7-16(8-6-15)21-12-17(23-18(21)22)11-20-9-13-3-1-2-4-14(13)10-20/h1-8,17H,9-12H2/t17-/m0/s1. The van der Waals surface area contributed by atoms with Gasteiger partial charge in [0, 0.05) is 28.9 Å². The molecule has 2 aromatic carbocycles. The van der Waals surface area contributed by atoms with Gasteiger partial charge in [0.05, 0.1) is 6.54 Å². The second-order valence-corrected chi connectivity index (χ2v) is 7.28. The number of ether oxygens (including phenoxy) is 1. The summed E-state index contributed by atoms with van der Waals surface area (Å²) in [5, 5.41) is 0. The first-order valence-electron chi connectivity index (χ1n) is 7.72. The zero-order valence-corrected chi connectivity index (χ0v) is 14.8. The molecule has 5 heteroatoms. The van der Waals surface area contributed by atoms with E-state index in [1.54, 1.807) is 4.90 Å². The molecule has 4 nitrogen and oxygen atoms in total. The molecule has 0 spiro atoms. The van der Waals surface area contributed by atoms with Crippen LogP contribution >= 0.6 is 22.6 Å². The maximum atomic E-state index is 12.1. The quantitative estimate of drug-likeness (QED) is 0.712. The topological polar surface area (TPSA) is 32.8 Å². The highest BCUT2D eigenvalue weighted by atomic mass is 127. The van der Waals surface area contributed by atoms with E-state index in [4.69, 9.17) is 4.74 Å². The average molecular weight is 420 g/mol. The van der Waals surface area contributed by atoms with Gasteiger partial charge in [0.2, 0.25) is 0 Å². The summed E-state index contributed by atoms with van der Waals surface area (Å²) >= 11 is 2.26. The molecule has 23 heavy (non-hydrogen) atoms. The van der Waals surface area contributed by atoms with E-state index >= 15 is 0 Å². The summed E-state index contributed by atoms with van der Waals surface area (Å²) in [5.74, 6) is 0. The fourth-order valence-corrected chi connectivity index (χ4v) is 3.63. The minimum absolute atomic E-state index is 0.0731. The first-order chi connectivity index (χ1) is 11.2. The molecule has 0 aliphatic carbocycles. The normalized spacial score (nSPS) is 20.7. The number of nitrogens with zero attached hydrogens (tertiary/aromatic N) is 2. The van der Waals surface area contributed by atoms with Gasteiger partial charge in [-0.25, -0.2) is 4.79 Å². The Labute approximate surface area is 149 Å². The van der Waals surface area contributed by atoms with Crippen LogP contribution in [0, 0.1) is 3.57 Å². The summed E-state index contributed by atoms with van der Waals surface area (Å²) < 4.78 is 6.72. The highest BCUT2D eigenvalue weighted by Gasteiger charge is 2.34. The molecule has 0 N–H and O–H groups in total. The maximum absolute atomic E-state index is 12.1. The molecule has 2 aliphatic rings. The Morgan fingerprint density at radius 1 is 1.04 bits per heavy atom. The van der Waals surface area contributed by atoms with E-state index in [0.717, 1.165) is 28.9 Å². The Balaban J connectivity index is 1.41. The lowest BCUT2D eigenvalue weighted by Gasteiger charge is -2.18. The third kappa shape index (κ3) is 3.07. The summed E-state index contributed by atoms with van der Waals surface area (Å²) in [5.41, 5.74) is 3.67. The average Bonchev–Trinajstić information content (AvgIpc) is 3.11. The molecule has 0 unspecified atom stereocenters. The van der Waals surface area contributed by atoms with Crippen LogP contribution in [0.4, 0.5) is 10.5 Å². The molecule has 1 amide bonds. The van der Waals surface area contributed by atoms with Gasteiger partial charge in [-0.2, -0.15) is 0 Å². The highest BCUT2D eigenvalue weighted by Crippen LogP contribution is 2.26. The predicted molar refractivity (Wildman–Crippen MR) is 97.3 cm³/mol. The second-order valence-electron chi connectivity index (χ2n) is 6.03. The van der Waals surface area contributed by atoms with Crippen molar-refractivity contribution in [1.29, 1.82) is 0 Å². The zero-order chi connectivity index (χ0) is 15.8. The number of benzene rings is 2. The second kappa shape index (κ2) is 6.13. The van der Waals surface area contributed by atoms with Gasteiger partial charge >= 0.3 is 6.09 Å². The first kappa shape index (κ1) is 15.0. The Kier molecular flexibility index (Phi) is 3.98. The summed E-state index contributed by atoms with van der Waals surface area (Å²) in [6.07, 6.45) is -0.316. The minimum Gasteiger partial charge on any atom is -0.443 e. The minimum atomic E-state index is -0.243. The lowest BCUT2D eigenvalue weighted by atomic mass is 10.1. The molecule has 0 bridgehead atoms. The fourth-order valence-electron chi connectivity index (χ4n) is 3.27. The van der Waals surface area contributed by atoms with Gasteiger partial charge in [-0.15, -0.1) is 0 Å². The molecule has 0 aromatic heterocycles. The SMILES string of the molecule is O=C1O[C@@H](CN2Cc3ccccc3C2)CN1c1ccc(I)cc1. The molecule has 0 radical (unpaired) electrons. The number of carbonyl (C=O) groups is 1. The number of cyclic esters (lactones) is 1. The van der Waals surface area contributed by atoms with Crippen molar-refractivity contribution >= 4 is 34.4 Å². The van der Waals surface area contributed by atoms with E-state index < -0.39 is 0 Å². The number of hydrogen-bond donors (Lipinski definition) is 0. The van der Waals surface area contributed by atoms with Crippen molar-refractivity contribution < 1.29 is 9.53 Å². The van der Waals surface area contributed by atoms with Gasteiger partial charge in [-0.1, -0.05) is 24.3 Å². The molecule has 2 aromatic rings. The van der Waals surface area contributed by atoms with Crippen molar-refractivity contribution in [2.75, 3.05) is 18.0 Å². The predicted octanol–water partition coefficient (Wildman–Crippen LogP) is 3.63. The summed E-state index contributed by atoms with van der Waals surface area (Å²) in [4.78, 5) is 16.2. The number of rotatable bonds is 3.